The van der Waals surface area contributed by atoms with Gasteiger partial charge in [-0.2, -0.15) is 0 Å². The summed E-state index contributed by atoms with van der Waals surface area (Å²) in [6, 6.07) is 6.58. The van der Waals surface area contributed by atoms with Gasteiger partial charge in [0.05, 0.1) is 6.10 Å². The first-order valence-electron chi connectivity index (χ1n) is 6.95. The van der Waals surface area contributed by atoms with Crippen LogP contribution in [-0.4, -0.2) is 30.6 Å². The summed E-state index contributed by atoms with van der Waals surface area (Å²) in [6.07, 6.45) is 2.65. The quantitative estimate of drug-likeness (QED) is 0.792. The number of benzene rings is 1. The zero-order chi connectivity index (χ0) is 13.7. The van der Waals surface area contributed by atoms with E-state index in [2.05, 4.69) is 24.4 Å². The average Bonchev–Trinajstić information content (AvgIpc) is 2.83. The monoisotopic (exact) mass is 265 g/mol. The van der Waals surface area contributed by atoms with Crippen LogP contribution in [0.4, 0.5) is 0 Å². The Bertz CT molecular complexity index is 406. The van der Waals surface area contributed by atoms with Gasteiger partial charge in [-0.05, 0) is 57.4 Å². The second-order valence-corrected chi connectivity index (χ2v) is 5.22. The Hall–Kier alpha value is -1.26. The molecule has 1 aliphatic rings. The van der Waals surface area contributed by atoms with E-state index in [0.29, 0.717) is 12.8 Å². The fourth-order valence-electron chi connectivity index (χ4n) is 2.12. The standard InChI is InChI=1S/C15H23NO3/c1-11(16-8-7-12(2)17)3-4-13-5-6-14-15(9-13)19-10-18-14/h5-6,9,11-12,16-17H,3-4,7-8,10H2,1-2H3. The third-order valence-corrected chi connectivity index (χ3v) is 3.36. The van der Waals surface area contributed by atoms with E-state index >= 15 is 0 Å². The zero-order valence-corrected chi connectivity index (χ0v) is 11.7. The molecule has 0 spiro atoms. The topological polar surface area (TPSA) is 50.7 Å². The Morgan fingerprint density at radius 2 is 2.00 bits per heavy atom. The molecule has 2 N–H and O–H groups in total. The van der Waals surface area contributed by atoms with Crippen LogP contribution in [0.5, 0.6) is 11.5 Å². The molecular weight excluding hydrogens is 242 g/mol. The van der Waals surface area contributed by atoms with E-state index in [1.165, 1.54) is 5.56 Å². The minimum absolute atomic E-state index is 0.228. The summed E-state index contributed by atoms with van der Waals surface area (Å²) in [6.45, 7) is 5.18. The highest BCUT2D eigenvalue weighted by molar-refractivity contribution is 5.44. The third-order valence-electron chi connectivity index (χ3n) is 3.36. The van der Waals surface area contributed by atoms with Gasteiger partial charge in [-0.15, -0.1) is 0 Å². The van der Waals surface area contributed by atoms with Crippen LogP contribution in [0.25, 0.3) is 0 Å². The van der Waals surface area contributed by atoms with Crippen molar-refractivity contribution < 1.29 is 14.6 Å². The van der Waals surface area contributed by atoms with Gasteiger partial charge in [0.25, 0.3) is 0 Å². The van der Waals surface area contributed by atoms with Gasteiger partial charge < -0.3 is 19.9 Å². The van der Waals surface area contributed by atoms with Crippen molar-refractivity contribution in [2.45, 2.75) is 45.3 Å². The zero-order valence-electron chi connectivity index (χ0n) is 11.7. The van der Waals surface area contributed by atoms with Crippen molar-refractivity contribution >= 4 is 0 Å². The van der Waals surface area contributed by atoms with Crippen LogP contribution >= 0.6 is 0 Å². The number of nitrogens with one attached hydrogen (secondary N) is 1. The van der Waals surface area contributed by atoms with E-state index in [1.807, 2.05) is 13.0 Å². The third kappa shape index (κ3) is 4.40. The lowest BCUT2D eigenvalue weighted by molar-refractivity contribution is 0.174. The molecule has 0 radical (unpaired) electrons. The summed E-state index contributed by atoms with van der Waals surface area (Å²) >= 11 is 0. The Morgan fingerprint density at radius 1 is 1.21 bits per heavy atom. The van der Waals surface area contributed by atoms with Crippen molar-refractivity contribution in [1.29, 1.82) is 0 Å². The summed E-state index contributed by atoms with van der Waals surface area (Å²) in [7, 11) is 0. The maximum Gasteiger partial charge on any atom is 0.231 e. The molecule has 1 aromatic carbocycles. The molecule has 2 atom stereocenters. The number of aliphatic hydroxyl groups is 1. The highest BCUT2D eigenvalue weighted by Crippen LogP contribution is 2.32. The number of hydrogen-bond donors (Lipinski definition) is 2. The van der Waals surface area contributed by atoms with E-state index in [1.54, 1.807) is 0 Å². The van der Waals surface area contributed by atoms with Gasteiger partial charge in [0.2, 0.25) is 6.79 Å². The molecule has 1 aliphatic heterocycles. The highest BCUT2D eigenvalue weighted by Gasteiger charge is 2.13. The van der Waals surface area contributed by atoms with E-state index in [0.717, 1.165) is 37.3 Å². The first-order chi connectivity index (χ1) is 9.15. The molecule has 4 heteroatoms. The van der Waals surface area contributed by atoms with E-state index < -0.39 is 0 Å². The Kier molecular flexibility index (Phi) is 5.05. The molecule has 2 rings (SSSR count). The normalized spacial score (nSPS) is 16.4. The van der Waals surface area contributed by atoms with E-state index in [9.17, 15) is 5.11 Å². The van der Waals surface area contributed by atoms with Gasteiger partial charge in [-0.3, -0.25) is 0 Å². The Morgan fingerprint density at radius 3 is 2.79 bits per heavy atom. The summed E-state index contributed by atoms with van der Waals surface area (Å²) in [4.78, 5) is 0. The number of rotatable bonds is 7. The average molecular weight is 265 g/mol. The minimum atomic E-state index is -0.228. The SMILES string of the molecule is CC(O)CCNC(C)CCc1ccc2c(c1)OCO2. The molecule has 0 bridgehead atoms. The molecule has 0 saturated carbocycles. The number of aryl methyl sites for hydroxylation is 1. The first-order valence-corrected chi connectivity index (χ1v) is 6.95. The van der Waals surface area contributed by atoms with Crippen molar-refractivity contribution in [3.05, 3.63) is 23.8 Å². The van der Waals surface area contributed by atoms with Gasteiger partial charge in [0.15, 0.2) is 11.5 Å². The van der Waals surface area contributed by atoms with Gasteiger partial charge in [-0.25, -0.2) is 0 Å². The smallest absolute Gasteiger partial charge is 0.231 e. The predicted octanol–water partition coefficient (Wildman–Crippen LogP) is 2.10. The van der Waals surface area contributed by atoms with Crippen LogP contribution in [0.3, 0.4) is 0 Å². The molecule has 0 saturated heterocycles. The van der Waals surface area contributed by atoms with E-state index in [-0.39, 0.29) is 6.10 Å². The van der Waals surface area contributed by atoms with Crippen molar-refractivity contribution in [2.75, 3.05) is 13.3 Å². The largest absolute Gasteiger partial charge is 0.454 e. The Balaban J connectivity index is 1.73. The van der Waals surface area contributed by atoms with Gasteiger partial charge in [0, 0.05) is 6.04 Å². The molecule has 1 heterocycles. The molecule has 106 valence electrons. The van der Waals surface area contributed by atoms with Crippen LogP contribution in [0.2, 0.25) is 0 Å². The van der Waals surface area contributed by atoms with Crippen LogP contribution < -0.4 is 14.8 Å². The highest BCUT2D eigenvalue weighted by atomic mass is 16.7. The molecule has 0 aliphatic carbocycles. The van der Waals surface area contributed by atoms with Crippen LogP contribution in [0, 0.1) is 0 Å². The van der Waals surface area contributed by atoms with Crippen molar-refractivity contribution in [1.82, 2.24) is 5.32 Å². The fraction of sp³-hybridized carbons (Fsp3) is 0.600. The van der Waals surface area contributed by atoms with Crippen molar-refractivity contribution in [3.63, 3.8) is 0 Å². The fourth-order valence-corrected chi connectivity index (χ4v) is 2.12. The maximum absolute atomic E-state index is 9.20. The van der Waals surface area contributed by atoms with Crippen LogP contribution in [-0.2, 0) is 6.42 Å². The van der Waals surface area contributed by atoms with Gasteiger partial charge in [0.1, 0.15) is 0 Å². The Labute approximate surface area is 114 Å². The summed E-state index contributed by atoms with van der Waals surface area (Å²) in [5, 5.41) is 12.6. The number of fused-ring (bicyclic) bond motifs is 1. The molecule has 19 heavy (non-hydrogen) atoms. The minimum Gasteiger partial charge on any atom is -0.454 e. The van der Waals surface area contributed by atoms with Crippen LogP contribution in [0.15, 0.2) is 18.2 Å². The summed E-state index contributed by atoms with van der Waals surface area (Å²) in [5.41, 5.74) is 1.27. The molecular formula is C15H23NO3. The van der Waals surface area contributed by atoms with Gasteiger partial charge in [-0.1, -0.05) is 6.07 Å². The van der Waals surface area contributed by atoms with Crippen LogP contribution in [0.1, 0.15) is 32.3 Å². The second kappa shape index (κ2) is 6.78. The van der Waals surface area contributed by atoms with Gasteiger partial charge >= 0.3 is 0 Å². The first kappa shape index (κ1) is 14.2. The molecule has 0 aromatic heterocycles. The second-order valence-electron chi connectivity index (χ2n) is 5.22. The maximum atomic E-state index is 9.20. The molecule has 0 amide bonds. The van der Waals surface area contributed by atoms with Crippen molar-refractivity contribution in [2.24, 2.45) is 0 Å². The molecule has 4 nitrogen and oxygen atoms in total. The predicted molar refractivity (Wildman–Crippen MR) is 74.6 cm³/mol. The molecule has 1 aromatic rings. The number of hydrogen-bond acceptors (Lipinski definition) is 4. The lowest BCUT2D eigenvalue weighted by Gasteiger charge is -2.14. The molecule has 2 unspecified atom stereocenters. The van der Waals surface area contributed by atoms with E-state index in [4.69, 9.17) is 9.47 Å². The number of ether oxygens (including phenoxy) is 2. The number of aliphatic hydroxyl groups excluding tert-OH is 1. The summed E-state index contributed by atoms with van der Waals surface area (Å²) in [5.74, 6) is 1.69. The lowest BCUT2D eigenvalue weighted by Crippen LogP contribution is -2.29. The summed E-state index contributed by atoms with van der Waals surface area (Å²) < 4.78 is 10.7. The lowest BCUT2D eigenvalue weighted by atomic mass is 10.1. The van der Waals surface area contributed by atoms with Crippen molar-refractivity contribution in [3.8, 4) is 11.5 Å². The molecule has 0 fully saturated rings.